The molecule has 0 saturated carbocycles. The van der Waals surface area contributed by atoms with Gasteiger partial charge in [-0.3, -0.25) is 4.98 Å². The minimum absolute atomic E-state index is 0.563. The molecular weight excluding hydrogens is 284 g/mol. The summed E-state index contributed by atoms with van der Waals surface area (Å²) in [6, 6.07) is 21.7. The lowest BCUT2D eigenvalue weighted by molar-refractivity contribution is 1.30. The number of nitriles is 1. The van der Waals surface area contributed by atoms with E-state index in [-0.39, 0.29) is 0 Å². The number of hydrogen-bond acceptors (Lipinski definition) is 3. The average Bonchev–Trinajstić information content (AvgIpc) is 3.06. The Hall–Kier alpha value is -3.45. The largest absolute Gasteiger partial charge is 0.338 e. The Morgan fingerprint density at radius 3 is 2.35 bits per heavy atom. The molecule has 2 aromatic heterocycles. The number of benzene rings is 2. The molecule has 0 radical (unpaired) electrons. The maximum Gasteiger partial charge on any atom is 0.138 e. The molecule has 0 amide bonds. The molecule has 0 fully saturated rings. The molecule has 2 aromatic carbocycles. The fourth-order valence-electron chi connectivity index (χ4n) is 2.52. The van der Waals surface area contributed by atoms with Crippen LogP contribution < -0.4 is 0 Å². The van der Waals surface area contributed by atoms with Gasteiger partial charge in [-0.15, -0.1) is 0 Å². The molecule has 4 heteroatoms. The van der Waals surface area contributed by atoms with Gasteiger partial charge < -0.3 is 4.98 Å². The molecule has 0 bridgehead atoms. The molecule has 4 rings (SSSR count). The van der Waals surface area contributed by atoms with Gasteiger partial charge in [0, 0.05) is 17.3 Å². The van der Waals surface area contributed by atoms with E-state index in [9.17, 15) is 0 Å². The Bertz CT molecular complexity index is 973. The summed E-state index contributed by atoms with van der Waals surface area (Å²) in [7, 11) is 0. The molecule has 4 nitrogen and oxygen atoms in total. The summed E-state index contributed by atoms with van der Waals surface area (Å²) in [5.41, 5.74) is 5.43. The van der Waals surface area contributed by atoms with Gasteiger partial charge in [0.2, 0.25) is 0 Å². The number of nitrogens with zero attached hydrogens (tertiary/aromatic N) is 3. The summed E-state index contributed by atoms with van der Waals surface area (Å²) in [6.45, 7) is 0. The first-order valence-electron chi connectivity index (χ1n) is 7.25. The Kier molecular flexibility index (Phi) is 3.10. The number of fused-ring (bicyclic) bond motifs is 1. The maximum atomic E-state index is 8.82. The molecule has 0 spiro atoms. The summed E-state index contributed by atoms with van der Waals surface area (Å²) >= 11 is 0. The van der Waals surface area contributed by atoms with Crippen molar-refractivity contribution in [3.8, 4) is 28.7 Å². The molecule has 0 atom stereocenters. The number of para-hydroxylation sites is 2. The Morgan fingerprint density at radius 2 is 1.65 bits per heavy atom. The standard InChI is InChI=1S/C19H12N4/c20-11-13-5-10-16(21-12-13)14-6-8-15(9-7-14)19-22-17-3-1-2-4-18(17)23-19/h1-10,12H,(H,22,23). The van der Waals surface area contributed by atoms with Crippen LogP contribution in [-0.2, 0) is 0 Å². The second-order valence-electron chi connectivity index (χ2n) is 5.22. The lowest BCUT2D eigenvalue weighted by Gasteiger charge is -2.02. The van der Waals surface area contributed by atoms with Gasteiger partial charge in [-0.1, -0.05) is 36.4 Å². The van der Waals surface area contributed by atoms with E-state index >= 15 is 0 Å². The molecular formula is C19H12N4. The van der Waals surface area contributed by atoms with Gasteiger partial charge in [0.15, 0.2) is 0 Å². The van der Waals surface area contributed by atoms with Crippen LogP contribution >= 0.6 is 0 Å². The van der Waals surface area contributed by atoms with Crippen LogP contribution in [0.4, 0.5) is 0 Å². The topological polar surface area (TPSA) is 65.4 Å². The lowest BCUT2D eigenvalue weighted by Crippen LogP contribution is -1.86. The van der Waals surface area contributed by atoms with E-state index in [1.165, 1.54) is 0 Å². The van der Waals surface area contributed by atoms with Crippen molar-refractivity contribution in [2.45, 2.75) is 0 Å². The quantitative estimate of drug-likeness (QED) is 0.604. The van der Waals surface area contributed by atoms with E-state index in [1.807, 2.05) is 54.6 Å². The summed E-state index contributed by atoms with van der Waals surface area (Å²) < 4.78 is 0. The molecule has 23 heavy (non-hydrogen) atoms. The third kappa shape index (κ3) is 2.45. The van der Waals surface area contributed by atoms with Crippen molar-refractivity contribution < 1.29 is 0 Å². The first kappa shape index (κ1) is 13.2. The number of aromatic nitrogens is 3. The minimum Gasteiger partial charge on any atom is -0.338 e. The molecule has 0 unspecified atom stereocenters. The van der Waals surface area contributed by atoms with Gasteiger partial charge >= 0.3 is 0 Å². The summed E-state index contributed by atoms with van der Waals surface area (Å²) in [5, 5.41) is 8.82. The van der Waals surface area contributed by atoms with Gasteiger partial charge in [-0.2, -0.15) is 5.26 Å². The Labute approximate surface area is 133 Å². The molecule has 2 heterocycles. The molecule has 108 valence electrons. The molecule has 1 N–H and O–H groups in total. The van der Waals surface area contributed by atoms with E-state index in [0.717, 1.165) is 33.7 Å². The highest BCUT2D eigenvalue weighted by Gasteiger charge is 2.06. The van der Waals surface area contributed by atoms with Crippen LogP contribution in [0.25, 0.3) is 33.7 Å². The fourth-order valence-corrected chi connectivity index (χ4v) is 2.52. The van der Waals surface area contributed by atoms with Crippen molar-refractivity contribution in [2.24, 2.45) is 0 Å². The van der Waals surface area contributed by atoms with Crippen LogP contribution in [0.3, 0.4) is 0 Å². The molecule has 0 aliphatic heterocycles. The molecule has 0 saturated heterocycles. The number of H-pyrrole nitrogens is 1. The van der Waals surface area contributed by atoms with E-state index in [1.54, 1.807) is 12.3 Å². The van der Waals surface area contributed by atoms with Crippen molar-refractivity contribution in [3.63, 3.8) is 0 Å². The van der Waals surface area contributed by atoms with Crippen LogP contribution in [0, 0.1) is 11.3 Å². The SMILES string of the molecule is N#Cc1ccc(-c2ccc(-c3nc4ccccc4[nH]3)cc2)nc1. The maximum absolute atomic E-state index is 8.82. The van der Waals surface area contributed by atoms with Gasteiger partial charge in [-0.25, -0.2) is 4.98 Å². The second-order valence-corrected chi connectivity index (χ2v) is 5.22. The van der Waals surface area contributed by atoms with E-state index in [2.05, 4.69) is 21.0 Å². The average molecular weight is 296 g/mol. The number of pyridine rings is 1. The highest BCUT2D eigenvalue weighted by atomic mass is 14.9. The van der Waals surface area contributed by atoms with Crippen molar-refractivity contribution in [3.05, 3.63) is 72.4 Å². The van der Waals surface area contributed by atoms with E-state index in [4.69, 9.17) is 5.26 Å². The van der Waals surface area contributed by atoms with Crippen LogP contribution in [0.1, 0.15) is 5.56 Å². The van der Waals surface area contributed by atoms with Crippen molar-refractivity contribution in [1.82, 2.24) is 15.0 Å². The third-order valence-corrected chi connectivity index (χ3v) is 3.74. The number of imidazole rings is 1. The fraction of sp³-hybridized carbons (Fsp3) is 0. The zero-order valence-electron chi connectivity index (χ0n) is 12.2. The molecule has 0 aliphatic carbocycles. The molecule has 0 aliphatic rings. The van der Waals surface area contributed by atoms with Crippen LogP contribution in [0.2, 0.25) is 0 Å². The van der Waals surface area contributed by atoms with E-state index in [0.29, 0.717) is 5.56 Å². The number of rotatable bonds is 2. The number of hydrogen-bond donors (Lipinski definition) is 1. The van der Waals surface area contributed by atoms with Crippen LogP contribution in [0.15, 0.2) is 66.9 Å². The monoisotopic (exact) mass is 296 g/mol. The second kappa shape index (κ2) is 5.39. The van der Waals surface area contributed by atoms with Crippen molar-refractivity contribution in [1.29, 1.82) is 5.26 Å². The van der Waals surface area contributed by atoms with Gasteiger partial charge in [0.05, 0.1) is 22.3 Å². The Balaban J connectivity index is 1.68. The van der Waals surface area contributed by atoms with Crippen LogP contribution in [0.5, 0.6) is 0 Å². The third-order valence-electron chi connectivity index (χ3n) is 3.74. The van der Waals surface area contributed by atoms with E-state index < -0.39 is 0 Å². The smallest absolute Gasteiger partial charge is 0.138 e. The van der Waals surface area contributed by atoms with Crippen molar-refractivity contribution in [2.75, 3.05) is 0 Å². The van der Waals surface area contributed by atoms with Gasteiger partial charge in [-0.05, 0) is 24.3 Å². The summed E-state index contributed by atoms with van der Waals surface area (Å²) in [5.74, 6) is 0.852. The minimum atomic E-state index is 0.563. The zero-order valence-corrected chi connectivity index (χ0v) is 12.2. The molecule has 4 aromatic rings. The van der Waals surface area contributed by atoms with Gasteiger partial charge in [0.1, 0.15) is 11.9 Å². The number of aromatic amines is 1. The highest BCUT2D eigenvalue weighted by Crippen LogP contribution is 2.24. The number of nitrogens with one attached hydrogen (secondary N) is 1. The lowest BCUT2D eigenvalue weighted by atomic mass is 10.1. The van der Waals surface area contributed by atoms with Gasteiger partial charge in [0.25, 0.3) is 0 Å². The van der Waals surface area contributed by atoms with Crippen LogP contribution in [-0.4, -0.2) is 15.0 Å². The Morgan fingerprint density at radius 1 is 0.870 bits per heavy atom. The predicted molar refractivity (Wildman–Crippen MR) is 89.5 cm³/mol. The van der Waals surface area contributed by atoms with Crippen molar-refractivity contribution >= 4 is 11.0 Å². The normalized spacial score (nSPS) is 10.6. The highest BCUT2D eigenvalue weighted by molar-refractivity contribution is 5.79. The summed E-state index contributed by atoms with van der Waals surface area (Å²) in [4.78, 5) is 12.2. The summed E-state index contributed by atoms with van der Waals surface area (Å²) in [6.07, 6.45) is 1.59. The first-order valence-corrected chi connectivity index (χ1v) is 7.25. The predicted octanol–water partition coefficient (Wildman–Crippen LogP) is 4.16. The zero-order chi connectivity index (χ0) is 15.6. The first-order chi connectivity index (χ1) is 11.3.